The van der Waals surface area contributed by atoms with Gasteiger partial charge < -0.3 is 10.1 Å². The highest BCUT2D eigenvalue weighted by Crippen LogP contribution is 2.28. The molecule has 0 saturated carbocycles. The van der Waals surface area contributed by atoms with E-state index in [0.29, 0.717) is 18.5 Å². The number of amides is 1. The van der Waals surface area contributed by atoms with E-state index in [9.17, 15) is 18.0 Å². The molecule has 0 fully saturated rings. The maximum atomic E-state index is 12.0. The molecule has 0 aliphatic carbocycles. The monoisotopic (exact) mass is 307 g/mol. The summed E-state index contributed by atoms with van der Waals surface area (Å²) < 4.78 is 39.8. The lowest BCUT2D eigenvalue weighted by atomic mass is 10.2. The topological polar surface area (TPSA) is 38.3 Å². The van der Waals surface area contributed by atoms with E-state index < -0.39 is 6.36 Å². The molecule has 0 spiro atoms. The van der Waals surface area contributed by atoms with E-state index in [2.05, 4.69) is 10.1 Å². The lowest BCUT2D eigenvalue weighted by Crippen LogP contribution is -2.20. The Balaban J connectivity index is 2.59. The minimum Gasteiger partial charge on any atom is -0.406 e. The van der Waals surface area contributed by atoms with Gasteiger partial charge in [0.15, 0.2) is 0 Å². The summed E-state index contributed by atoms with van der Waals surface area (Å²) in [5, 5.41) is 2.77. The maximum Gasteiger partial charge on any atom is 0.573 e. The van der Waals surface area contributed by atoms with E-state index in [4.69, 9.17) is 11.6 Å². The van der Waals surface area contributed by atoms with Crippen LogP contribution < -0.4 is 10.1 Å². The zero-order chi connectivity index (χ0) is 15.2. The van der Waals surface area contributed by atoms with Crippen molar-refractivity contribution >= 4 is 23.6 Å². The van der Waals surface area contributed by atoms with Gasteiger partial charge in [0.1, 0.15) is 5.75 Å². The van der Waals surface area contributed by atoms with Crippen LogP contribution in [0, 0.1) is 0 Å². The van der Waals surface area contributed by atoms with Crippen LogP contribution in [0.4, 0.5) is 13.2 Å². The first kappa shape index (κ1) is 16.4. The van der Waals surface area contributed by atoms with Gasteiger partial charge in [-0.15, -0.1) is 13.2 Å². The van der Waals surface area contributed by atoms with Gasteiger partial charge in [-0.1, -0.05) is 23.8 Å². The third-order valence-corrected chi connectivity index (χ3v) is 2.52. The molecule has 0 aliphatic rings. The molecule has 1 N–H and O–H groups in total. The normalized spacial score (nSPS) is 11.7. The van der Waals surface area contributed by atoms with Crippen LogP contribution in [0.3, 0.4) is 0 Å². The van der Waals surface area contributed by atoms with Crippen LogP contribution >= 0.6 is 11.6 Å². The zero-order valence-corrected chi connectivity index (χ0v) is 11.4. The molecule has 0 heterocycles. The SMILES string of the molecule is CC(=O)NCCC=Cc1ccc(OC(F)(F)F)cc1Cl. The second-order valence-electron chi connectivity index (χ2n) is 3.91. The number of halogens is 4. The molecule has 0 aliphatic heterocycles. The molecule has 0 bridgehead atoms. The molecular formula is C13H13ClF3NO2. The Hall–Kier alpha value is -1.69. The van der Waals surface area contributed by atoms with Crippen molar-refractivity contribution in [2.75, 3.05) is 6.54 Å². The molecule has 1 aromatic carbocycles. The summed E-state index contributed by atoms with van der Waals surface area (Å²) in [6.07, 6.45) is -0.710. The third kappa shape index (κ3) is 6.47. The Labute approximate surface area is 119 Å². The zero-order valence-electron chi connectivity index (χ0n) is 10.6. The van der Waals surface area contributed by atoms with Gasteiger partial charge in [-0.3, -0.25) is 4.79 Å². The number of alkyl halides is 3. The minimum absolute atomic E-state index is 0.120. The fraction of sp³-hybridized carbons (Fsp3) is 0.308. The Morgan fingerprint density at radius 2 is 2.15 bits per heavy atom. The summed E-state index contributed by atoms with van der Waals surface area (Å²) in [6, 6.07) is 3.72. The van der Waals surface area contributed by atoms with E-state index in [1.807, 2.05) is 0 Å². The van der Waals surface area contributed by atoms with E-state index in [0.717, 1.165) is 6.07 Å². The number of benzene rings is 1. The number of hydrogen-bond donors (Lipinski definition) is 1. The molecular weight excluding hydrogens is 295 g/mol. The number of rotatable bonds is 5. The highest BCUT2D eigenvalue weighted by atomic mass is 35.5. The summed E-state index contributed by atoms with van der Waals surface area (Å²) in [4.78, 5) is 10.6. The van der Waals surface area contributed by atoms with Gasteiger partial charge in [0.2, 0.25) is 5.91 Å². The number of nitrogens with one attached hydrogen (secondary N) is 1. The van der Waals surface area contributed by atoms with Gasteiger partial charge in [0.25, 0.3) is 0 Å². The Morgan fingerprint density at radius 3 is 2.70 bits per heavy atom. The maximum absolute atomic E-state index is 12.0. The predicted octanol–water partition coefficient (Wildman–Crippen LogP) is 3.78. The first-order chi connectivity index (χ1) is 9.28. The molecule has 0 radical (unpaired) electrons. The van der Waals surface area contributed by atoms with E-state index in [1.165, 1.54) is 19.1 Å². The average Bonchev–Trinajstić information content (AvgIpc) is 2.28. The molecule has 1 rings (SSSR count). The van der Waals surface area contributed by atoms with Crippen molar-refractivity contribution in [3.8, 4) is 5.75 Å². The standard InChI is InChI=1S/C13H13ClF3NO2/c1-9(19)18-7-3-2-4-10-5-6-11(8-12(10)14)20-13(15,16)17/h2,4-6,8H,3,7H2,1H3,(H,18,19). The van der Waals surface area contributed by atoms with Crippen molar-refractivity contribution in [1.29, 1.82) is 0 Å². The van der Waals surface area contributed by atoms with Crippen molar-refractivity contribution in [1.82, 2.24) is 5.32 Å². The summed E-state index contributed by atoms with van der Waals surface area (Å²) in [5.41, 5.74) is 0.573. The van der Waals surface area contributed by atoms with E-state index >= 15 is 0 Å². The minimum atomic E-state index is -4.74. The number of carbonyl (C=O) groups is 1. The molecule has 1 amide bonds. The quantitative estimate of drug-likeness (QED) is 0.841. The molecule has 20 heavy (non-hydrogen) atoms. The van der Waals surface area contributed by atoms with Crippen LogP contribution in [0.25, 0.3) is 6.08 Å². The summed E-state index contributed by atoms with van der Waals surface area (Å²) in [6.45, 7) is 1.90. The molecule has 3 nitrogen and oxygen atoms in total. The Morgan fingerprint density at radius 1 is 1.45 bits per heavy atom. The van der Waals surface area contributed by atoms with Gasteiger partial charge >= 0.3 is 6.36 Å². The second-order valence-corrected chi connectivity index (χ2v) is 4.31. The van der Waals surface area contributed by atoms with Crippen molar-refractivity contribution in [2.24, 2.45) is 0 Å². The summed E-state index contributed by atoms with van der Waals surface area (Å²) >= 11 is 5.85. The Kier molecular flexibility index (Phi) is 5.88. The van der Waals surface area contributed by atoms with Crippen molar-refractivity contribution in [2.45, 2.75) is 19.7 Å². The van der Waals surface area contributed by atoms with Crippen molar-refractivity contribution < 1.29 is 22.7 Å². The van der Waals surface area contributed by atoms with E-state index in [1.54, 1.807) is 12.2 Å². The number of ether oxygens (including phenoxy) is 1. The average molecular weight is 308 g/mol. The largest absolute Gasteiger partial charge is 0.573 e. The lowest BCUT2D eigenvalue weighted by molar-refractivity contribution is -0.274. The fourth-order valence-electron chi connectivity index (χ4n) is 1.38. The molecule has 0 aromatic heterocycles. The van der Waals surface area contributed by atoms with Gasteiger partial charge in [-0.2, -0.15) is 0 Å². The molecule has 0 saturated heterocycles. The van der Waals surface area contributed by atoms with Crippen LogP contribution in [0.5, 0.6) is 5.75 Å². The second kappa shape index (κ2) is 7.19. The number of carbonyl (C=O) groups excluding carboxylic acids is 1. The third-order valence-electron chi connectivity index (χ3n) is 2.19. The smallest absolute Gasteiger partial charge is 0.406 e. The Bertz CT molecular complexity index is 501. The summed E-state index contributed by atoms with van der Waals surface area (Å²) in [5.74, 6) is -0.483. The molecule has 0 atom stereocenters. The molecule has 0 unspecified atom stereocenters. The van der Waals surface area contributed by atoms with Crippen molar-refractivity contribution in [3.63, 3.8) is 0 Å². The van der Waals surface area contributed by atoms with Crippen LogP contribution in [-0.4, -0.2) is 18.8 Å². The molecule has 7 heteroatoms. The van der Waals surface area contributed by atoms with Crippen LogP contribution in [-0.2, 0) is 4.79 Å². The van der Waals surface area contributed by atoms with E-state index in [-0.39, 0.29) is 16.7 Å². The highest BCUT2D eigenvalue weighted by molar-refractivity contribution is 6.32. The molecule has 110 valence electrons. The lowest BCUT2D eigenvalue weighted by Gasteiger charge is -2.09. The number of hydrogen-bond acceptors (Lipinski definition) is 2. The van der Waals surface area contributed by atoms with Crippen LogP contribution in [0.2, 0.25) is 5.02 Å². The predicted molar refractivity (Wildman–Crippen MR) is 70.5 cm³/mol. The van der Waals surface area contributed by atoms with Gasteiger partial charge in [-0.05, 0) is 30.2 Å². The van der Waals surface area contributed by atoms with Crippen molar-refractivity contribution in [3.05, 3.63) is 34.9 Å². The first-order valence-corrected chi connectivity index (χ1v) is 6.12. The van der Waals surface area contributed by atoms with Gasteiger partial charge in [0, 0.05) is 13.5 Å². The fourth-order valence-corrected chi connectivity index (χ4v) is 1.62. The van der Waals surface area contributed by atoms with Crippen LogP contribution in [0.1, 0.15) is 18.9 Å². The summed E-state index contributed by atoms with van der Waals surface area (Å²) in [7, 11) is 0. The van der Waals surface area contributed by atoms with Gasteiger partial charge in [-0.25, -0.2) is 0 Å². The molecule has 1 aromatic rings. The highest BCUT2D eigenvalue weighted by Gasteiger charge is 2.31. The van der Waals surface area contributed by atoms with Crippen LogP contribution in [0.15, 0.2) is 24.3 Å². The van der Waals surface area contributed by atoms with Gasteiger partial charge in [0.05, 0.1) is 5.02 Å². The first-order valence-electron chi connectivity index (χ1n) is 5.74.